The van der Waals surface area contributed by atoms with Gasteiger partial charge in [0.25, 0.3) is 0 Å². The maximum absolute atomic E-state index is 10.9. The molecule has 0 spiro atoms. The lowest BCUT2D eigenvalue weighted by molar-refractivity contribution is -0.489. The van der Waals surface area contributed by atoms with E-state index in [1.165, 1.54) is 5.56 Å². The molecule has 0 heterocycles. The standard InChI is InChI=1S/C12H17NO2/c1-8(2)9-4-6-10(7-5-9)12(3,13)11(14)15/h4-8H,13H2,1-3H3,(H,14,15)/t12-/m1/s1. The Morgan fingerprint density at radius 1 is 1.33 bits per heavy atom. The normalized spacial score (nSPS) is 15.0. The summed E-state index contributed by atoms with van der Waals surface area (Å²) in [7, 11) is 0. The summed E-state index contributed by atoms with van der Waals surface area (Å²) in [4.78, 5) is 10.9. The lowest BCUT2D eigenvalue weighted by Gasteiger charge is -2.22. The second-order valence-corrected chi connectivity index (χ2v) is 4.40. The van der Waals surface area contributed by atoms with Crippen LogP contribution >= 0.6 is 0 Å². The van der Waals surface area contributed by atoms with Crippen LogP contribution in [0, 0.1) is 0 Å². The molecule has 0 aliphatic rings. The highest BCUT2D eigenvalue weighted by Crippen LogP contribution is 2.19. The second kappa shape index (κ2) is 4.03. The van der Waals surface area contributed by atoms with Gasteiger partial charge in [0.15, 0.2) is 5.54 Å². The van der Waals surface area contributed by atoms with Gasteiger partial charge in [-0.1, -0.05) is 38.1 Å². The SMILES string of the molecule is CC(C)c1ccc([C@@](C)([NH3+])C(=O)[O-])cc1. The van der Waals surface area contributed by atoms with Gasteiger partial charge in [-0.3, -0.25) is 0 Å². The largest absolute Gasteiger partial charge is 0.543 e. The number of rotatable bonds is 3. The third-order valence-corrected chi connectivity index (χ3v) is 2.67. The van der Waals surface area contributed by atoms with Crippen molar-refractivity contribution in [2.45, 2.75) is 32.2 Å². The Morgan fingerprint density at radius 2 is 1.80 bits per heavy atom. The molecular formula is C12H17NO2. The fraction of sp³-hybridized carbons (Fsp3) is 0.417. The molecule has 0 saturated carbocycles. The highest BCUT2D eigenvalue weighted by atomic mass is 16.4. The molecule has 1 aromatic rings. The molecule has 3 N–H and O–H groups in total. The van der Waals surface area contributed by atoms with Crippen molar-refractivity contribution >= 4 is 5.97 Å². The van der Waals surface area contributed by atoms with Crippen LogP contribution in [-0.4, -0.2) is 5.97 Å². The number of carboxylic acid groups (broad SMARTS) is 1. The first-order valence-corrected chi connectivity index (χ1v) is 5.03. The molecule has 0 amide bonds. The molecule has 1 atom stereocenters. The first-order chi connectivity index (χ1) is 6.85. The van der Waals surface area contributed by atoms with E-state index in [1.807, 2.05) is 12.1 Å². The van der Waals surface area contributed by atoms with Gasteiger partial charge in [-0.15, -0.1) is 0 Å². The summed E-state index contributed by atoms with van der Waals surface area (Å²) in [6.07, 6.45) is 0. The number of carboxylic acids is 1. The molecule has 0 bridgehead atoms. The van der Waals surface area contributed by atoms with Crippen molar-refractivity contribution in [1.82, 2.24) is 0 Å². The minimum Gasteiger partial charge on any atom is -0.543 e. The number of hydrogen-bond donors (Lipinski definition) is 1. The summed E-state index contributed by atoms with van der Waals surface area (Å²) in [6, 6.07) is 7.48. The Balaban J connectivity index is 3.04. The van der Waals surface area contributed by atoms with Crippen molar-refractivity contribution in [3.63, 3.8) is 0 Å². The highest BCUT2D eigenvalue weighted by Gasteiger charge is 2.26. The summed E-state index contributed by atoms with van der Waals surface area (Å²) in [5.41, 5.74) is 4.34. The van der Waals surface area contributed by atoms with Crippen LogP contribution in [-0.2, 0) is 10.3 Å². The molecule has 0 saturated heterocycles. The van der Waals surface area contributed by atoms with Crippen molar-refractivity contribution in [1.29, 1.82) is 0 Å². The minimum atomic E-state index is -1.17. The summed E-state index contributed by atoms with van der Waals surface area (Å²) in [6.45, 7) is 5.74. The van der Waals surface area contributed by atoms with Gasteiger partial charge in [-0.2, -0.15) is 0 Å². The number of hydrogen-bond acceptors (Lipinski definition) is 2. The van der Waals surface area contributed by atoms with Crippen LogP contribution in [0.4, 0.5) is 0 Å². The first-order valence-electron chi connectivity index (χ1n) is 5.03. The smallest absolute Gasteiger partial charge is 0.157 e. The Hall–Kier alpha value is -1.35. The number of carbonyl (C=O) groups is 1. The molecular weight excluding hydrogens is 190 g/mol. The van der Waals surface area contributed by atoms with Gasteiger partial charge in [0.2, 0.25) is 0 Å². The summed E-state index contributed by atoms with van der Waals surface area (Å²) < 4.78 is 0. The van der Waals surface area contributed by atoms with Crippen molar-refractivity contribution in [2.75, 3.05) is 0 Å². The molecule has 82 valence electrons. The van der Waals surface area contributed by atoms with Gasteiger partial charge < -0.3 is 15.6 Å². The van der Waals surface area contributed by atoms with E-state index in [9.17, 15) is 9.90 Å². The van der Waals surface area contributed by atoms with E-state index in [0.29, 0.717) is 11.5 Å². The van der Waals surface area contributed by atoms with Crippen LogP contribution < -0.4 is 10.8 Å². The maximum atomic E-state index is 10.9. The van der Waals surface area contributed by atoms with Gasteiger partial charge in [0, 0.05) is 12.5 Å². The van der Waals surface area contributed by atoms with Gasteiger partial charge in [0.1, 0.15) is 5.97 Å². The number of aliphatic carboxylic acids is 1. The first kappa shape index (κ1) is 11.7. The predicted molar refractivity (Wildman–Crippen MR) is 55.8 cm³/mol. The van der Waals surface area contributed by atoms with Crippen molar-refractivity contribution in [2.24, 2.45) is 0 Å². The molecule has 0 radical (unpaired) electrons. The number of benzene rings is 1. The molecule has 0 aliphatic carbocycles. The molecule has 0 aliphatic heterocycles. The van der Waals surface area contributed by atoms with Gasteiger partial charge in [-0.05, 0) is 11.5 Å². The summed E-state index contributed by atoms with van der Waals surface area (Å²) >= 11 is 0. The van der Waals surface area contributed by atoms with Crippen LogP contribution in [0.3, 0.4) is 0 Å². The molecule has 1 aromatic carbocycles. The molecule has 0 unspecified atom stereocenters. The molecule has 1 rings (SSSR count). The lowest BCUT2D eigenvalue weighted by atomic mass is 9.91. The van der Waals surface area contributed by atoms with Gasteiger partial charge in [0.05, 0.1) is 0 Å². The fourth-order valence-corrected chi connectivity index (χ4v) is 1.35. The van der Waals surface area contributed by atoms with E-state index in [4.69, 9.17) is 0 Å². The third-order valence-electron chi connectivity index (χ3n) is 2.67. The van der Waals surface area contributed by atoms with E-state index in [2.05, 4.69) is 19.6 Å². The quantitative estimate of drug-likeness (QED) is 0.759. The number of carbonyl (C=O) groups excluding carboxylic acids is 1. The van der Waals surface area contributed by atoms with Crippen LogP contribution in [0.5, 0.6) is 0 Å². The second-order valence-electron chi connectivity index (χ2n) is 4.40. The molecule has 15 heavy (non-hydrogen) atoms. The molecule has 3 nitrogen and oxygen atoms in total. The zero-order valence-corrected chi connectivity index (χ0v) is 9.41. The highest BCUT2D eigenvalue weighted by molar-refractivity contribution is 5.76. The topological polar surface area (TPSA) is 67.8 Å². The average molecular weight is 207 g/mol. The Kier molecular flexibility index (Phi) is 3.15. The lowest BCUT2D eigenvalue weighted by Crippen LogP contribution is -2.75. The van der Waals surface area contributed by atoms with Gasteiger partial charge >= 0.3 is 0 Å². The summed E-state index contributed by atoms with van der Waals surface area (Å²) in [5, 5.41) is 10.9. The van der Waals surface area contributed by atoms with E-state index in [0.717, 1.165) is 0 Å². The minimum absolute atomic E-state index is 0.443. The number of quaternary nitrogens is 1. The average Bonchev–Trinajstić information content (AvgIpc) is 2.17. The zero-order valence-electron chi connectivity index (χ0n) is 9.41. The monoisotopic (exact) mass is 207 g/mol. The van der Waals surface area contributed by atoms with E-state index < -0.39 is 11.5 Å². The third kappa shape index (κ3) is 2.36. The Morgan fingerprint density at radius 3 is 2.13 bits per heavy atom. The van der Waals surface area contributed by atoms with E-state index >= 15 is 0 Å². The van der Waals surface area contributed by atoms with Gasteiger partial charge in [-0.25, -0.2) is 0 Å². The van der Waals surface area contributed by atoms with Crippen molar-refractivity contribution in [3.8, 4) is 0 Å². The fourth-order valence-electron chi connectivity index (χ4n) is 1.35. The van der Waals surface area contributed by atoms with E-state index in [1.54, 1.807) is 19.1 Å². The van der Waals surface area contributed by atoms with E-state index in [-0.39, 0.29) is 0 Å². The molecule has 0 aromatic heterocycles. The maximum Gasteiger partial charge on any atom is 0.157 e. The summed E-state index contributed by atoms with van der Waals surface area (Å²) in [5.74, 6) is -0.710. The van der Waals surface area contributed by atoms with Crippen LogP contribution in [0.2, 0.25) is 0 Å². The molecule has 0 fully saturated rings. The van der Waals surface area contributed by atoms with Crippen molar-refractivity contribution in [3.05, 3.63) is 35.4 Å². The molecule has 3 heteroatoms. The Bertz CT molecular complexity index is 352. The zero-order chi connectivity index (χ0) is 11.6. The van der Waals surface area contributed by atoms with Crippen LogP contribution in [0.15, 0.2) is 24.3 Å². The predicted octanol–water partition coefficient (Wildman–Crippen LogP) is 0.0170. The Labute approximate surface area is 89.9 Å². The van der Waals surface area contributed by atoms with Crippen LogP contribution in [0.25, 0.3) is 0 Å². The van der Waals surface area contributed by atoms with Crippen LogP contribution in [0.1, 0.15) is 37.8 Å². The van der Waals surface area contributed by atoms with Crippen molar-refractivity contribution < 1.29 is 15.6 Å².